The van der Waals surface area contributed by atoms with E-state index in [4.69, 9.17) is 15.0 Å². The molecule has 3 nitrogen and oxygen atoms in total. The molecule has 0 aliphatic rings. The van der Waals surface area contributed by atoms with Crippen molar-refractivity contribution >= 4 is 64.6 Å². The Kier molecular flexibility index (Phi) is 9.85. The van der Waals surface area contributed by atoms with Crippen LogP contribution >= 0.6 is 0 Å². The van der Waals surface area contributed by atoms with Crippen LogP contribution in [0, 0.1) is 0 Å². The zero-order valence-electron chi connectivity index (χ0n) is 39.2. The van der Waals surface area contributed by atoms with Crippen molar-refractivity contribution in [2.24, 2.45) is 0 Å². The third-order valence-corrected chi connectivity index (χ3v) is 14.5. The van der Waals surface area contributed by atoms with Gasteiger partial charge < -0.3 is 0 Å². The van der Waals surface area contributed by atoms with Crippen LogP contribution in [0.4, 0.5) is 0 Å². The highest BCUT2D eigenvalue weighted by molar-refractivity contribution is 6.27. The molecule has 0 saturated carbocycles. The molecule has 0 unspecified atom stereocenters. The molecule has 72 heavy (non-hydrogen) atoms. The second-order valence-electron chi connectivity index (χ2n) is 18.7. The van der Waals surface area contributed by atoms with Gasteiger partial charge in [0.15, 0.2) is 17.5 Å². The molecule has 0 fully saturated rings. The van der Waals surface area contributed by atoms with E-state index < -0.39 is 0 Å². The average Bonchev–Trinajstić information content (AvgIpc) is 3.47. The topological polar surface area (TPSA) is 38.7 Å². The Bertz CT molecular complexity index is 4060. The van der Waals surface area contributed by atoms with E-state index in [1.807, 2.05) is 12.1 Å². The molecular weight excluding hydrogens is 871 g/mol. The van der Waals surface area contributed by atoms with Gasteiger partial charge in [0.2, 0.25) is 0 Å². The molecule has 0 atom stereocenters. The molecule has 0 bridgehead atoms. The second kappa shape index (κ2) is 17.1. The highest BCUT2D eigenvalue weighted by Gasteiger charge is 2.18. The molecule has 334 valence electrons. The van der Waals surface area contributed by atoms with Gasteiger partial charge in [0.1, 0.15) is 0 Å². The Balaban J connectivity index is 0.995. The summed E-state index contributed by atoms with van der Waals surface area (Å²) in [4.78, 5) is 15.9. The second-order valence-corrected chi connectivity index (χ2v) is 18.7. The third kappa shape index (κ3) is 7.18. The molecule has 0 aliphatic carbocycles. The van der Waals surface area contributed by atoms with Crippen LogP contribution in [0.1, 0.15) is 0 Å². The van der Waals surface area contributed by atoms with Gasteiger partial charge in [-0.15, -0.1) is 0 Å². The van der Waals surface area contributed by atoms with Gasteiger partial charge in [-0.05, 0) is 139 Å². The largest absolute Gasteiger partial charge is 0.208 e. The number of hydrogen-bond donors (Lipinski definition) is 0. The molecule has 0 amide bonds. The summed E-state index contributed by atoms with van der Waals surface area (Å²) in [5.41, 5.74) is 11.7. The Labute approximate surface area is 417 Å². The fraction of sp³-hybridized carbons (Fsp3) is 0. The van der Waals surface area contributed by atoms with Crippen molar-refractivity contribution in [3.05, 3.63) is 261 Å². The lowest BCUT2D eigenvalue weighted by Gasteiger charge is -2.15. The first-order chi connectivity index (χ1) is 35.7. The summed E-state index contributed by atoms with van der Waals surface area (Å²) in [6.07, 6.45) is 0. The number of fused-ring (bicyclic) bond motifs is 12. The summed E-state index contributed by atoms with van der Waals surface area (Å²) < 4.78 is 0. The van der Waals surface area contributed by atoms with E-state index >= 15 is 0 Å². The van der Waals surface area contributed by atoms with Crippen LogP contribution in [0.3, 0.4) is 0 Å². The Hall–Kier alpha value is -9.57. The number of nitrogens with zero attached hydrogens (tertiary/aromatic N) is 3. The normalized spacial score (nSPS) is 11.6. The molecular formula is C69H43N3. The molecule has 0 aliphatic heterocycles. The van der Waals surface area contributed by atoms with Crippen LogP contribution in [0.15, 0.2) is 261 Å². The van der Waals surface area contributed by atoms with Gasteiger partial charge in [0, 0.05) is 16.7 Å². The predicted octanol–water partition coefficient (Wildman–Crippen LogP) is 18.5. The Morgan fingerprint density at radius 3 is 0.722 bits per heavy atom. The van der Waals surface area contributed by atoms with Crippen molar-refractivity contribution in [1.82, 2.24) is 15.0 Å². The Morgan fingerprint density at radius 1 is 0.139 bits per heavy atom. The maximum atomic E-state index is 5.36. The van der Waals surface area contributed by atoms with Crippen molar-refractivity contribution in [3.8, 4) is 78.7 Å². The van der Waals surface area contributed by atoms with Crippen LogP contribution in [-0.4, -0.2) is 15.0 Å². The smallest absolute Gasteiger partial charge is 0.164 e. The number of benzene rings is 13. The summed E-state index contributed by atoms with van der Waals surface area (Å²) in [7, 11) is 0. The number of rotatable bonds is 7. The van der Waals surface area contributed by atoms with E-state index in [0.29, 0.717) is 17.5 Å². The standard InChI is InChI=1S/C69H43N3/c1-3-15-44(16-4-1)46-27-31-48(32-28-46)67-70-68(49-33-29-47(30-34-49)45-17-5-2-6-18-45)72-69(71-67)54-40-52(50-35-37-63-59-23-9-7-19-55(59)57-21-11-13-25-61(57)65(63)42-50)39-53(41-54)51-36-38-64-60-24-10-8-20-56(60)58-22-12-14-26-62(58)66(64)43-51/h1-43H. The van der Waals surface area contributed by atoms with Crippen molar-refractivity contribution in [2.45, 2.75) is 0 Å². The zero-order chi connectivity index (χ0) is 47.5. The molecule has 1 heterocycles. The van der Waals surface area contributed by atoms with Gasteiger partial charge in [0.25, 0.3) is 0 Å². The van der Waals surface area contributed by atoms with Crippen molar-refractivity contribution in [3.63, 3.8) is 0 Å². The van der Waals surface area contributed by atoms with E-state index in [0.717, 1.165) is 61.2 Å². The molecule has 0 saturated heterocycles. The van der Waals surface area contributed by atoms with Gasteiger partial charge >= 0.3 is 0 Å². The van der Waals surface area contributed by atoms with E-state index in [2.05, 4.69) is 249 Å². The first-order valence-corrected chi connectivity index (χ1v) is 24.6. The lowest BCUT2D eigenvalue weighted by molar-refractivity contribution is 1.07. The summed E-state index contributed by atoms with van der Waals surface area (Å²) in [5, 5.41) is 14.9. The average molecular weight is 914 g/mol. The van der Waals surface area contributed by atoms with Gasteiger partial charge in [0.05, 0.1) is 0 Å². The lowest BCUT2D eigenvalue weighted by atomic mass is 9.89. The highest BCUT2D eigenvalue weighted by atomic mass is 15.0. The number of aromatic nitrogens is 3. The van der Waals surface area contributed by atoms with Crippen molar-refractivity contribution in [2.75, 3.05) is 0 Å². The minimum absolute atomic E-state index is 0.604. The molecule has 14 rings (SSSR count). The summed E-state index contributed by atoms with van der Waals surface area (Å²) in [6.45, 7) is 0. The highest BCUT2D eigenvalue weighted by Crippen LogP contribution is 2.42. The quantitative estimate of drug-likeness (QED) is 0.150. The van der Waals surface area contributed by atoms with Crippen LogP contribution in [0.5, 0.6) is 0 Å². The summed E-state index contributed by atoms with van der Waals surface area (Å²) in [6, 6.07) is 93.9. The Morgan fingerprint density at radius 2 is 0.375 bits per heavy atom. The summed E-state index contributed by atoms with van der Waals surface area (Å²) >= 11 is 0. The van der Waals surface area contributed by atoms with Crippen LogP contribution < -0.4 is 0 Å². The van der Waals surface area contributed by atoms with Crippen LogP contribution in [-0.2, 0) is 0 Å². The van der Waals surface area contributed by atoms with E-state index in [9.17, 15) is 0 Å². The molecule has 14 aromatic rings. The lowest BCUT2D eigenvalue weighted by Crippen LogP contribution is -2.01. The molecule has 13 aromatic carbocycles. The maximum absolute atomic E-state index is 5.36. The SMILES string of the molecule is c1ccc(-c2ccc(-c3nc(-c4ccc(-c5ccccc5)cc4)nc(-c4cc(-c5ccc6c7ccccc7c7ccccc7c6c5)cc(-c5ccc6c7ccccc7c7ccccc7c6c5)c4)n3)cc2)cc1. The van der Waals surface area contributed by atoms with E-state index in [1.165, 1.54) is 64.6 Å². The number of hydrogen-bond acceptors (Lipinski definition) is 3. The maximum Gasteiger partial charge on any atom is 0.164 e. The molecule has 0 spiro atoms. The third-order valence-electron chi connectivity index (χ3n) is 14.5. The zero-order valence-corrected chi connectivity index (χ0v) is 39.2. The first kappa shape index (κ1) is 41.4. The minimum Gasteiger partial charge on any atom is -0.208 e. The van der Waals surface area contributed by atoms with Crippen LogP contribution in [0.25, 0.3) is 143 Å². The monoisotopic (exact) mass is 913 g/mol. The molecule has 0 N–H and O–H groups in total. The predicted molar refractivity (Wildman–Crippen MR) is 303 cm³/mol. The summed E-state index contributed by atoms with van der Waals surface area (Å²) in [5.74, 6) is 1.83. The molecule has 1 aromatic heterocycles. The fourth-order valence-electron chi connectivity index (χ4n) is 10.9. The van der Waals surface area contributed by atoms with E-state index in [-0.39, 0.29) is 0 Å². The fourth-order valence-corrected chi connectivity index (χ4v) is 10.9. The first-order valence-electron chi connectivity index (χ1n) is 24.6. The van der Waals surface area contributed by atoms with Crippen molar-refractivity contribution < 1.29 is 0 Å². The molecule has 3 heteroatoms. The van der Waals surface area contributed by atoms with Gasteiger partial charge in [-0.2, -0.15) is 0 Å². The minimum atomic E-state index is 0.604. The van der Waals surface area contributed by atoms with Crippen LogP contribution in [0.2, 0.25) is 0 Å². The van der Waals surface area contributed by atoms with E-state index in [1.54, 1.807) is 0 Å². The van der Waals surface area contributed by atoms with Gasteiger partial charge in [-0.25, -0.2) is 15.0 Å². The van der Waals surface area contributed by atoms with Gasteiger partial charge in [-0.1, -0.05) is 231 Å². The molecule has 0 radical (unpaired) electrons. The van der Waals surface area contributed by atoms with Gasteiger partial charge in [-0.3, -0.25) is 0 Å². The van der Waals surface area contributed by atoms with Crippen molar-refractivity contribution in [1.29, 1.82) is 0 Å².